The van der Waals surface area contributed by atoms with Crippen LogP contribution in [-0.4, -0.2) is 36.7 Å². The number of aromatic nitrogens is 5. The third-order valence-corrected chi connectivity index (χ3v) is 3.81. The Labute approximate surface area is 126 Å². The molecule has 2 rings (SSSR count). The molecule has 21 heavy (non-hydrogen) atoms. The molecule has 8 nitrogen and oxygen atoms in total. The summed E-state index contributed by atoms with van der Waals surface area (Å²) >= 11 is 1.66. The van der Waals surface area contributed by atoms with Gasteiger partial charge in [-0.2, -0.15) is 0 Å². The van der Waals surface area contributed by atoms with Crippen LogP contribution in [-0.2, 0) is 11.3 Å². The molecule has 114 valence electrons. The first-order valence-electron chi connectivity index (χ1n) is 6.83. The van der Waals surface area contributed by atoms with E-state index < -0.39 is 0 Å². The van der Waals surface area contributed by atoms with Crippen LogP contribution in [0.5, 0.6) is 0 Å². The molecule has 0 saturated carbocycles. The van der Waals surface area contributed by atoms with Crippen molar-refractivity contribution in [3.63, 3.8) is 0 Å². The lowest BCUT2D eigenvalue weighted by atomic mass is 10.4. The molecule has 0 saturated heterocycles. The van der Waals surface area contributed by atoms with Gasteiger partial charge in [-0.25, -0.2) is 4.63 Å². The standard InChI is InChI=1S/C12H18N6O2S/c1-4-6-7-21-12-15-14-11(18(12)5-2)9-10(13-8(3)19)17-20-16-9/h4-7H2,1-3H3,(H,13,17,19). The zero-order chi connectivity index (χ0) is 15.2. The summed E-state index contributed by atoms with van der Waals surface area (Å²) in [5, 5.41) is 19.3. The summed E-state index contributed by atoms with van der Waals surface area (Å²) in [4.78, 5) is 11.2. The molecule has 2 aromatic heterocycles. The molecule has 0 radical (unpaired) electrons. The van der Waals surface area contributed by atoms with Crippen molar-refractivity contribution in [3.8, 4) is 11.5 Å². The Morgan fingerprint density at radius 3 is 2.81 bits per heavy atom. The number of nitrogens with zero attached hydrogens (tertiary/aromatic N) is 5. The number of carbonyl (C=O) groups is 1. The minimum atomic E-state index is -0.243. The first-order valence-corrected chi connectivity index (χ1v) is 7.82. The molecule has 0 aliphatic carbocycles. The molecule has 2 heterocycles. The summed E-state index contributed by atoms with van der Waals surface area (Å²) in [5.41, 5.74) is 0.391. The molecular formula is C12H18N6O2S. The van der Waals surface area contributed by atoms with Gasteiger partial charge in [0, 0.05) is 19.2 Å². The first-order chi connectivity index (χ1) is 10.2. The van der Waals surface area contributed by atoms with E-state index in [1.54, 1.807) is 11.8 Å². The van der Waals surface area contributed by atoms with Crippen LogP contribution in [0.4, 0.5) is 5.82 Å². The highest BCUT2D eigenvalue weighted by atomic mass is 32.2. The van der Waals surface area contributed by atoms with Crippen LogP contribution in [0, 0.1) is 0 Å². The fourth-order valence-corrected chi connectivity index (χ4v) is 2.83. The molecular weight excluding hydrogens is 292 g/mol. The Morgan fingerprint density at radius 2 is 2.14 bits per heavy atom. The Bertz CT molecular complexity index is 609. The number of hydrogen-bond acceptors (Lipinski definition) is 7. The minimum Gasteiger partial charge on any atom is -0.306 e. The van der Waals surface area contributed by atoms with Gasteiger partial charge in [0.05, 0.1) is 0 Å². The Morgan fingerprint density at radius 1 is 1.33 bits per heavy atom. The van der Waals surface area contributed by atoms with E-state index in [0.29, 0.717) is 18.1 Å². The number of anilines is 1. The van der Waals surface area contributed by atoms with Crippen molar-refractivity contribution in [2.75, 3.05) is 11.1 Å². The number of nitrogens with one attached hydrogen (secondary N) is 1. The number of hydrogen-bond donors (Lipinski definition) is 1. The minimum absolute atomic E-state index is 0.243. The predicted octanol–water partition coefficient (Wildman–Crippen LogP) is 2.20. The number of rotatable bonds is 7. The highest BCUT2D eigenvalue weighted by molar-refractivity contribution is 7.99. The number of carbonyl (C=O) groups excluding carboxylic acids is 1. The smallest absolute Gasteiger partial charge is 0.222 e. The van der Waals surface area contributed by atoms with Crippen LogP contribution >= 0.6 is 11.8 Å². The average molecular weight is 310 g/mol. The van der Waals surface area contributed by atoms with Gasteiger partial charge in [0.2, 0.25) is 11.7 Å². The molecule has 2 aromatic rings. The maximum Gasteiger partial charge on any atom is 0.222 e. The van der Waals surface area contributed by atoms with E-state index in [0.717, 1.165) is 23.8 Å². The first kappa shape index (κ1) is 15.5. The average Bonchev–Trinajstić information content (AvgIpc) is 3.04. The monoisotopic (exact) mass is 310 g/mol. The predicted molar refractivity (Wildman–Crippen MR) is 78.9 cm³/mol. The van der Waals surface area contributed by atoms with Gasteiger partial charge in [0.25, 0.3) is 0 Å². The molecule has 0 aliphatic heterocycles. The lowest BCUT2D eigenvalue weighted by Gasteiger charge is -2.05. The Kier molecular flexibility index (Phi) is 5.32. The van der Waals surface area contributed by atoms with Gasteiger partial charge in [-0.1, -0.05) is 25.1 Å². The van der Waals surface area contributed by atoms with Gasteiger partial charge in [-0.15, -0.1) is 10.2 Å². The summed E-state index contributed by atoms with van der Waals surface area (Å²) in [6, 6.07) is 0. The number of thioether (sulfide) groups is 1. The fourth-order valence-electron chi connectivity index (χ4n) is 1.75. The molecule has 0 bridgehead atoms. The second kappa shape index (κ2) is 7.21. The van der Waals surface area contributed by atoms with Crippen LogP contribution in [0.1, 0.15) is 33.6 Å². The quantitative estimate of drug-likeness (QED) is 0.618. The summed E-state index contributed by atoms with van der Waals surface area (Å²) in [6.07, 6.45) is 2.26. The van der Waals surface area contributed by atoms with Crippen LogP contribution in [0.15, 0.2) is 9.79 Å². The molecule has 0 fully saturated rings. The van der Waals surface area contributed by atoms with E-state index in [1.807, 2.05) is 11.5 Å². The molecule has 0 spiro atoms. The zero-order valence-corrected chi connectivity index (χ0v) is 13.1. The summed E-state index contributed by atoms with van der Waals surface area (Å²) in [6.45, 7) is 6.25. The highest BCUT2D eigenvalue weighted by Gasteiger charge is 2.21. The molecule has 0 aliphatic rings. The fraction of sp³-hybridized carbons (Fsp3) is 0.583. The third kappa shape index (κ3) is 3.60. The highest BCUT2D eigenvalue weighted by Crippen LogP contribution is 2.27. The molecule has 0 unspecified atom stereocenters. The second-order valence-electron chi connectivity index (χ2n) is 4.40. The van der Waals surface area contributed by atoms with Crippen molar-refractivity contribution >= 4 is 23.5 Å². The van der Waals surface area contributed by atoms with Gasteiger partial charge in [0.15, 0.2) is 16.7 Å². The van der Waals surface area contributed by atoms with Gasteiger partial charge >= 0.3 is 0 Å². The summed E-state index contributed by atoms with van der Waals surface area (Å²) in [5.74, 6) is 1.55. The summed E-state index contributed by atoms with van der Waals surface area (Å²) in [7, 11) is 0. The SMILES string of the molecule is CCCCSc1nnc(-c2nonc2NC(C)=O)n1CC. The Balaban J connectivity index is 2.27. The van der Waals surface area contributed by atoms with Crippen LogP contribution < -0.4 is 5.32 Å². The molecule has 9 heteroatoms. The largest absolute Gasteiger partial charge is 0.306 e. The van der Waals surface area contributed by atoms with Crippen molar-refractivity contribution in [3.05, 3.63) is 0 Å². The van der Waals surface area contributed by atoms with E-state index in [-0.39, 0.29) is 11.7 Å². The van der Waals surface area contributed by atoms with Crippen LogP contribution in [0.25, 0.3) is 11.5 Å². The van der Waals surface area contributed by atoms with Crippen molar-refractivity contribution in [1.82, 2.24) is 25.1 Å². The number of amides is 1. The zero-order valence-electron chi connectivity index (χ0n) is 12.3. The molecule has 1 N–H and O–H groups in total. The van der Waals surface area contributed by atoms with E-state index in [9.17, 15) is 4.79 Å². The lowest BCUT2D eigenvalue weighted by Crippen LogP contribution is -2.08. The Hall–Kier alpha value is -1.90. The van der Waals surface area contributed by atoms with Crippen molar-refractivity contribution < 1.29 is 9.42 Å². The lowest BCUT2D eigenvalue weighted by molar-refractivity contribution is -0.114. The molecule has 1 amide bonds. The van der Waals surface area contributed by atoms with E-state index in [4.69, 9.17) is 4.63 Å². The second-order valence-corrected chi connectivity index (χ2v) is 5.46. The normalized spacial score (nSPS) is 10.8. The van der Waals surface area contributed by atoms with Crippen LogP contribution in [0.3, 0.4) is 0 Å². The maximum absolute atomic E-state index is 11.2. The van der Waals surface area contributed by atoms with Crippen LogP contribution in [0.2, 0.25) is 0 Å². The van der Waals surface area contributed by atoms with Gasteiger partial charge < -0.3 is 9.88 Å². The van der Waals surface area contributed by atoms with Gasteiger partial charge in [-0.3, -0.25) is 4.79 Å². The molecule has 0 atom stereocenters. The number of unbranched alkanes of at least 4 members (excludes halogenated alkanes) is 1. The van der Waals surface area contributed by atoms with Crippen molar-refractivity contribution in [2.45, 2.75) is 45.3 Å². The van der Waals surface area contributed by atoms with Gasteiger partial charge in [-0.05, 0) is 23.7 Å². The van der Waals surface area contributed by atoms with E-state index in [2.05, 4.69) is 32.8 Å². The molecule has 0 aromatic carbocycles. The van der Waals surface area contributed by atoms with Crippen molar-refractivity contribution in [2.24, 2.45) is 0 Å². The maximum atomic E-state index is 11.2. The van der Waals surface area contributed by atoms with E-state index >= 15 is 0 Å². The third-order valence-electron chi connectivity index (χ3n) is 2.76. The summed E-state index contributed by atoms with van der Waals surface area (Å²) < 4.78 is 6.64. The van der Waals surface area contributed by atoms with Gasteiger partial charge in [0.1, 0.15) is 0 Å². The van der Waals surface area contributed by atoms with Crippen molar-refractivity contribution in [1.29, 1.82) is 0 Å². The topological polar surface area (TPSA) is 98.7 Å². The van der Waals surface area contributed by atoms with E-state index in [1.165, 1.54) is 6.92 Å².